The monoisotopic (exact) mass is 406 g/mol. The van der Waals surface area contributed by atoms with Crippen molar-refractivity contribution in [2.75, 3.05) is 18.4 Å². The van der Waals surface area contributed by atoms with Gasteiger partial charge in [-0.05, 0) is 48.4 Å². The van der Waals surface area contributed by atoms with Gasteiger partial charge in [-0.1, -0.05) is 0 Å². The quantitative estimate of drug-likeness (QED) is 0.658. The number of carbonyl (C=O) groups is 1. The summed E-state index contributed by atoms with van der Waals surface area (Å²) in [5.41, 5.74) is 0.301. The minimum atomic E-state index is -3.78. The zero-order chi connectivity index (χ0) is 19.7. The molecule has 0 radical (unpaired) electrons. The van der Waals surface area contributed by atoms with Gasteiger partial charge in [-0.2, -0.15) is 9.52 Å². The molecule has 1 aromatic carbocycles. The van der Waals surface area contributed by atoms with Gasteiger partial charge >= 0.3 is 0 Å². The molecular formula is C16H15FN6O4S. The molecule has 1 aliphatic rings. The first-order valence-corrected chi connectivity index (χ1v) is 9.84. The third-order valence-electron chi connectivity index (χ3n) is 4.28. The summed E-state index contributed by atoms with van der Waals surface area (Å²) in [6, 6.07) is 6.37. The number of rotatable bonds is 5. The maximum atomic E-state index is 14.1. The van der Waals surface area contributed by atoms with Gasteiger partial charge in [0.05, 0.1) is 5.69 Å². The van der Waals surface area contributed by atoms with Crippen LogP contribution in [0.1, 0.15) is 23.4 Å². The lowest BCUT2D eigenvalue weighted by molar-refractivity contribution is 0.0991. The number of amides is 1. The van der Waals surface area contributed by atoms with E-state index in [1.165, 1.54) is 28.6 Å². The van der Waals surface area contributed by atoms with E-state index in [1.54, 1.807) is 0 Å². The number of nitrogens with zero attached hydrogens (tertiary/aromatic N) is 4. The van der Waals surface area contributed by atoms with Crippen molar-refractivity contribution >= 4 is 21.6 Å². The molecule has 146 valence electrons. The first kappa shape index (κ1) is 18.3. The van der Waals surface area contributed by atoms with E-state index in [9.17, 15) is 17.6 Å². The van der Waals surface area contributed by atoms with Gasteiger partial charge in [0, 0.05) is 18.7 Å². The molecule has 0 bridgehead atoms. The van der Waals surface area contributed by atoms with Crippen LogP contribution in [-0.2, 0) is 10.0 Å². The summed E-state index contributed by atoms with van der Waals surface area (Å²) >= 11 is 0. The summed E-state index contributed by atoms with van der Waals surface area (Å²) in [6.07, 6.45) is 1.56. The van der Waals surface area contributed by atoms with Crippen LogP contribution >= 0.6 is 0 Å². The van der Waals surface area contributed by atoms with Crippen molar-refractivity contribution in [2.24, 2.45) is 0 Å². The molecule has 0 aliphatic carbocycles. The van der Waals surface area contributed by atoms with Gasteiger partial charge < -0.3 is 9.73 Å². The Labute approximate surface area is 158 Å². The first-order valence-electron chi connectivity index (χ1n) is 8.40. The Bertz CT molecular complexity index is 1110. The predicted octanol–water partition coefficient (Wildman–Crippen LogP) is 1.64. The van der Waals surface area contributed by atoms with Gasteiger partial charge in [-0.25, -0.2) is 12.8 Å². The van der Waals surface area contributed by atoms with Crippen LogP contribution in [0.5, 0.6) is 0 Å². The van der Waals surface area contributed by atoms with E-state index < -0.39 is 21.7 Å². The molecule has 2 N–H and O–H groups in total. The zero-order valence-electron chi connectivity index (χ0n) is 14.4. The van der Waals surface area contributed by atoms with Gasteiger partial charge in [0.1, 0.15) is 5.82 Å². The Morgan fingerprint density at radius 1 is 1.21 bits per heavy atom. The van der Waals surface area contributed by atoms with Crippen molar-refractivity contribution < 1.29 is 22.0 Å². The number of sulfonamides is 1. The lowest BCUT2D eigenvalue weighted by Gasteiger charge is -2.12. The molecule has 0 spiro atoms. The molecule has 0 unspecified atom stereocenters. The molecule has 4 rings (SSSR count). The molecule has 1 fully saturated rings. The third kappa shape index (κ3) is 3.39. The van der Waals surface area contributed by atoms with E-state index in [0.717, 1.165) is 18.9 Å². The van der Waals surface area contributed by atoms with E-state index in [2.05, 4.69) is 25.9 Å². The fourth-order valence-corrected chi connectivity index (χ4v) is 4.29. The van der Waals surface area contributed by atoms with Crippen LogP contribution in [-0.4, -0.2) is 52.3 Å². The molecule has 1 saturated heterocycles. The normalized spacial score (nSPS) is 15.0. The van der Waals surface area contributed by atoms with Crippen LogP contribution < -0.4 is 5.32 Å². The number of halogens is 1. The highest BCUT2D eigenvalue weighted by molar-refractivity contribution is 7.89. The van der Waals surface area contributed by atoms with Crippen molar-refractivity contribution in [1.29, 1.82) is 0 Å². The highest BCUT2D eigenvalue weighted by Gasteiger charge is 2.30. The number of carbonyl (C=O) groups excluding carboxylic acids is 1. The number of tetrazole rings is 1. The number of aromatic amines is 1. The predicted molar refractivity (Wildman–Crippen MR) is 94.2 cm³/mol. The number of hydrogen-bond donors (Lipinski definition) is 2. The Morgan fingerprint density at radius 2 is 2.00 bits per heavy atom. The smallest absolute Gasteiger partial charge is 0.291 e. The summed E-state index contributed by atoms with van der Waals surface area (Å²) in [5, 5.41) is 15.3. The van der Waals surface area contributed by atoms with Gasteiger partial charge in [-0.3, -0.25) is 4.79 Å². The molecule has 3 aromatic rings. The Morgan fingerprint density at radius 3 is 2.71 bits per heavy atom. The number of anilines is 1. The van der Waals surface area contributed by atoms with Gasteiger partial charge in [0.15, 0.2) is 5.76 Å². The Kier molecular flexibility index (Phi) is 4.65. The number of H-pyrrole nitrogens is 1. The Hall–Kier alpha value is -3.12. The minimum absolute atomic E-state index is 0.132. The largest absolute Gasteiger partial charge is 0.438 e. The van der Waals surface area contributed by atoms with Crippen LogP contribution in [0.25, 0.3) is 11.4 Å². The second-order valence-corrected chi connectivity index (χ2v) is 7.98. The molecule has 2 aromatic heterocycles. The van der Waals surface area contributed by atoms with E-state index in [-0.39, 0.29) is 22.4 Å². The highest BCUT2D eigenvalue weighted by Crippen LogP contribution is 2.25. The standard InChI is InChI=1S/C16H15FN6O4S/c17-11-4-3-10(15-19-21-22-20-15)9-12(11)18-16(24)13-5-6-14(27-13)28(25,26)23-7-1-2-8-23/h3-6,9H,1-2,7-8H2,(H,18,24)(H,19,20,21,22). The molecule has 10 nitrogen and oxygen atoms in total. The molecule has 12 heteroatoms. The average molecular weight is 406 g/mol. The number of hydrogen-bond acceptors (Lipinski definition) is 7. The summed E-state index contributed by atoms with van der Waals surface area (Å²) in [4.78, 5) is 12.4. The molecule has 1 aliphatic heterocycles. The van der Waals surface area contributed by atoms with E-state index in [4.69, 9.17) is 4.42 Å². The average Bonchev–Trinajstić information content (AvgIpc) is 3.44. The lowest BCUT2D eigenvalue weighted by atomic mass is 10.2. The van der Waals surface area contributed by atoms with Gasteiger partial charge in [0.25, 0.3) is 15.9 Å². The SMILES string of the molecule is O=C(Nc1cc(-c2nn[nH]n2)ccc1F)c1ccc(S(=O)(=O)N2CCCC2)o1. The van der Waals surface area contributed by atoms with Crippen LogP contribution in [0.15, 0.2) is 39.8 Å². The fourth-order valence-electron chi connectivity index (χ4n) is 2.86. The molecule has 0 saturated carbocycles. The second kappa shape index (κ2) is 7.13. The van der Waals surface area contributed by atoms with Crippen molar-refractivity contribution in [3.05, 3.63) is 41.9 Å². The molecular weight excluding hydrogens is 391 g/mol. The summed E-state index contributed by atoms with van der Waals surface area (Å²) in [6.45, 7) is 0.831. The van der Waals surface area contributed by atoms with Crippen molar-refractivity contribution in [2.45, 2.75) is 17.9 Å². The maximum Gasteiger partial charge on any atom is 0.291 e. The summed E-state index contributed by atoms with van der Waals surface area (Å²) < 4.78 is 45.6. The highest BCUT2D eigenvalue weighted by atomic mass is 32.2. The first-order chi connectivity index (χ1) is 13.4. The maximum absolute atomic E-state index is 14.1. The van der Waals surface area contributed by atoms with Crippen molar-refractivity contribution in [3.8, 4) is 11.4 Å². The summed E-state index contributed by atoms with van der Waals surface area (Å²) in [5.74, 6) is -1.49. The van der Waals surface area contributed by atoms with Crippen molar-refractivity contribution in [3.63, 3.8) is 0 Å². The lowest BCUT2D eigenvalue weighted by Crippen LogP contribution is -2.27. The van der Waals surface area contributed by atoms with Crippen LogP contribution in [0, 0.1) is 5.82 Å². The number of benzene rings is 1. The van der Waals surface area contributed by atoms with Crippen LogP contribution in [0.4, 0.5) is 10.1 Å². The fraction of sp³-hybridized carbons (Fsp3) is 0.250. The Balaban J connectivity index is 1.55. The molecule has 28 heavy (non-hydrogen) atoms. The molecule has 1 amide bonds. The molecule has 3 heterocycles. The number of nitrogens with one attached hydrogen (secondary N) is 2. The second-order valence-electron chi connectivity index (χ2n) is 6.11. The minimum Gasteiger partial charge on any atom is -0.438 e. The van der Waals surface area contributed by atoms with Gasteiger partial charge in [-0.15, -0.1) is 10.2 Å². The van der Waals surface area contributed by atoms with Crippen LogP contribution in [0.2, 0.25) is 0 Å². The van der Waals surface area contributed by atoms with E-state index in [0.29, 0.717) is 18.7 Å². The van der Waals surface area contributed by atoms with Crippen LogP contribution in [0.3, 0.4) is 0 Å². The topological polar surface area (TPSA) is 134 Å². The molecule has 0 atom stereocenters. The zero-order valence-corrected chi connectivity index (χ0v) is 15.2. The van der Waals surface area contributed by atoms with Gasteiger partial charge in [0.2, 0.25) is 10.9 Å². The van der Waals surface area contributed by atoms with E-state index >= 15 is 0 Å². The summed E-state index contributed by atoms with van der Waals surface area (Å²) in [7, 11) is -3.78. The third-order valence-corrected chi connectivity index (χ3v) is 6.06. The number of furan rings is 1. The van der Waals surface area contributed by atoms with E-state index in [1.807, 2.05) is 0 Å². The van der Waals surface area contributed by atoms with Crippen molar-refractivity contribution in [1.82, 2.24) is 24.9 Å². The number of aromatic nitrogens is 4.